The van der Waals surface area contributed by atoms with Crippen LogP contribution in [0.3, 0.4) is 0 Å². The van der Waals surface area contributed by atoms with Crippen molar-refractivity contribution in [1.29, 1.82) is 0 Å². The third kappa shape index (κ3) is 3.30. The summed E-state index contributed by atoms with van der Waals surface area (Å²) in [4.78, 5) is 12.3. The first-order valence-electron chi connectivity index (χ1n) is 8.26. The van der Waals surface area contributed by atoms with Gasteiger partial charge in [0.1, 0.15) is 5.54 Å². The first kappa shape index (κ1) is 15.8. The Morgan fingerprint density at radius 2 is 1.96 bits per heavy atom. The molecule has 120 valence electrons. The van der Waals surface area contributed by atoms with Crippen molar-refractivity contribution in [2.75, 3.05) is 13.6 Å². The number of carbonyl (C=O) groups is 1. The molecule has 2 aromatic rings. The van der Waals surface area contributed by atoms with Crippen molar-refractivity contribution < 1.29 is 4.79 Å². The molecule has 1 aliphatic rings. The minimum Gasteiger partial charge on any atom is -0.358 e. The molecule has 0 aliphatic carbocycles. The molecule has 3 nitrogen and oxygen atoms in total. The van der Waals surface area contributed by atoms with Gasteiger partial charge in [-0.1, -0.05) is 54.1 Å². The van der Waals surface area contributed by atoms with Gasteiger partial charge in [-0.2, -0.15) is 0 Å². The fourth-order valence-corrected chi connectivity index (χ4v) is 3.46. The van der Waals surface area contributed by atoms with Crippen molar-refractivity contribution in [2.24, 2.45) is 0 Å². The van der Waals surface area contributed by atoms with Crippen molar-refractivity contribution in [3.63, 3.8) is 0 Å². The van der Waals surface area contributed by atoms with Crippen LogP contribution in [0, 0.1) is 6.92 Å². The summed E-state index contributed by atoms with van der Waals surface area (Å²) >= 11 is 0. The monoisotopic (exact) mass is 308 g/mol. The van der Waals surface area contributed by atoms with Crippen LogP contribution in [-0.2, 0) is 11.2 Å². The largest absolute Gasteiger partial charge is 0.358 e. The third-order valence-electron chi connectivity index (χ3n) is 4.72. The van der Waals surface area contributed by atoms with Gasteiger partial charge in [-0.15, -0.1) is 0 Å². The lowest BCUT2D eigenvalue weighted by molar-refractivity contribution is -0.126. The minimum absolute atomic E-state index is 0.0951. The van der Waals surface area contributed by atoms with Gasteiger partial charge in [0.2, 0.25) is 5.91 Å². The zero-order valence-electron chi connectivity index (χ0n) is 13.9. The van der Waals surface area contributed by atoms with Gasteiger partial charge in [-0.25, -0.2) is 0 Å². The molecule has 1 atom stereocenters. The standard InChI is InChI=1S/C20H24N2O/c1-15-5-3-6-18(13-15)17-9-7-16(8-10-17)14-20(19(23)21-2)11-4-12-22-20/h3,5-10,13,22H,4,11-12,14H2,1-2H3,(H,21,23). The van der Waals surface area contributed by atoms with Gasteiger partial charge in [-0.3, -0.25) is 4.79 Å². The van der Waals surface area contributed by atoms with E-state index in [0.29, 0.717) is 0 Å². The highest BCUT2D eigenvalue weighted by molar-refractivity contribution is 5.86. The van der Waals surface area contributed by atoms with E-state index in [9.17, 15) is 4.79 Å². The Morgan fingerprint density at radius 3 is 2.57 bits per heavy atom. The summed E-state index contributed by atoms with van der Waals surface area (Å²) in [5.74, 6) is 0.0951. The van der Waals surface area contributed by atoms with E-state index >= 15 is 0 Å². The van der Waals surface area contributed by atoms with Gasteiger partial charge in [0.25, 0.3) is 0 Å². The van der Waals surface area contributed by atoms with E-state index in [1.807, 2.05) is 0 Å². The minimum atomic E-state index is -0.445. The van der Waals surface area contributed by atoms with Crippen LogP contribution in [0.1, 0.15) is 24.0 Å². The Balaban J connectivity index is 1.81. The van der Waals surface area contributed by atoms with Gasteiger partial charge >= 0.3 is 0 Å². The molecule has 1 amide bonds. The van der Waals surface area contributed by atoms with Crippen LogP contribution < -0.4 is 10.6 Å². The molecule has 1 aliphatic heterocycles. The maximum atomic E-state index is 12.3. The zero-order chi connectivity index (χ0) is 16.3. The molecule has 23 heavy (non-hydrogen) atoms. The molecule has 3 heteroatoms. The first-order valence-corrected chi connectivity index (χ1v) is 8.26. The van der Waals surface area contributed by atoms with Crippen LogP contribution in [0.25, 0.3) is 11.1 Å². The normalized spacial score (nSPS) is 20.4. The Hall–Kier alpha value is -2.13. The van der Waals surface area contributed by atoms with Crippen molar-refractivity contribution in [2.45, 2.75) is 31.7 Å². The molecule has 2 aromatic carbocycles. The highest BCUT2D eigenvalue weighted by Gasteiger charge is 2.40. The van der Waals surface area contributed by atoms with Crippen molar-refractivity contribution in [3.05, 3.63) is 59.7 Å². The van der Waals surface area contributed by atoms with E-state index in [4.69, 9.17) is 0 Å². The molecule has 0 bridgehead atoms. The second-order valence-electron chi connectivity index (χ2n) is 6.43. The molecule has 1 heterocycles. The molecule has 0 aromatic heterocycles. The number of carbonyl (C=O) groups excluding carboxylic acids is 1. The highest BCUT2D eigenvalue weighted by Crippen LogP contribution is 2.26. The van der Waals surface area contributed by atoms with Gasteiger partial charge in [0, 0.05) is 7.05 Å². The molecule has 1 fully saturated rings. The lowest BCUT2D eigenvalue weighted by Gasteiger charge is -2.27. The second-order valence-corrected chi connectivity index (χ2v) is 6.43. The summed E-state index contributed by atoms with van der Waals surface area (Å²) in [7, 11) is 1.71. The van der Waals surface area contributed by atoms with Gasteiger partial charge in [0.05, 0.1) is 0 Å². The van der Waals surface area contributed by atoms with Gasteiger partial charge in [0.15, 0.2) is 0 Å². The molecule has 3 rings (SSSR count). The van der Waals surface area contributed by atoms with Crippen LogP contribution in [-0.4, -0.2) is 25.0 Å². The van der Waals surface area contributed by atoms with Crippen LogP contribution in [0.4, 0.5) is 0 Å². The second kappa shape index (κ2) is 6.55. The molecular formula is C20H24N2O. The van der Waals surface area contributed by atoms with Crippen LogP contribution in [0.5, 0.6) is 0 Å². The highest BCUT2D eigenvalue weighted by atomic mass is 16.2. The number of nitrogens with one attached hydrogen (secondary N) is 2. The van der Waals surface area contributed by atoms with Gasteiger partial charge < -0.3 is 10.6 Å². The number of rotatable bonds is 4. The summed E-state index contributed by atoms with van der Waals surface area (Å²) in [6, 6.07) is 17.1. The lowest BCUT2D eigenvalue weighted by Crippen LogP contribution is -2.54. The predicted octanol–water partition coefficient (Wildman–Crippen LogP) is 3.07. The summed E-state index contributed by atoms with van der Waals surface area (Å²) in [5, 5.41) is 6.22. The SMILES string of the molecule is CNC(=O)C1(Cc2ccc(-c3cccc(C)c3)cc2)CCCN1. The van der Waals surface area contributed by atoms with E-state index in [1.54, 1.807) is 7.05 Å². The summed E-state index contributed by atoms with van der Waals surface area (Å²) in [6.45, 7) is 3.02. The number of benzene rings is 2. The maximum absolute atomic E-state index is 12.3. The van der Waals surface area contributed by atoms with Crippen molar-refractivity contribution >= 4 is 5.91 Å². The van der Waals surface area contributed by atoms with Crippen LogP contribution in [0.2, 0.25) is 0 Å². The molecule has 0 spiro atoms. The molecule has 1 saturated heterocycles. The van der Waals surface area contributed by atoms with Crippen molar-refractivity contribution in [3.8, 4) is 11.1 Å². The Bertz CT molecular complexity index is 685. The van der Waals surface area contributed by atoms with E-state index in [1.165, 1.54) is 22.3 Å². The molecule has 2 N–H and O–H groups in total. The number of hydrogen-bond donors (Lipinski definition) is 2. The molecule has 0 saturated carbocycles. The average Bonchev–Trinajstić information content (AvgIpc) is 3.04. The molecule has 0 radical (unpaired) electrons. The number of likely N-dealkylation sites (N-methyl/N-ethyl adjacent to an activating group) is 1. The Labute approximate surface area is 138 Å². The number of hydrogen-bond acceptors (Lipinski definition) is 2. The quantitative estimate of drug-likeness (QED) is 0.911. The predicted molar refractivity (Wildman–Crippen MR) is 94.4 cm³/mol. The topological polar surface area (TPSA) is 41.1 Å². The molecule has 1 unspecified atom stereocenters. The zero-order valence-corrected chi connectivity index (χ0v) is 13.9. The Kier molecular flexibility index (Phi) is 4.49. The summed E-state index contributed by atoms with van der Waals surface area (Å²) < 4.78 is 0. The fourth-order valence-electron chi connectivity index (χ4n) is 3.46. The summed E-state index contributed by atoms with van der Waals surface area (Å²) in [6.07, 6.45) is 2.68. The van der Waals surface area contributed by atoms with Crippen LogP contribution in [0.15, 0.2) is 48.5 Å². The number of amides is 1. The lowest BCUT2D eigenvalue weighted by atomic mass is 9.87. The maximum Gasteiger partial charge on any atom is 0.240 e. The van der Waals surface area contributed by atoms with E-state index in [0.717, 1.165) is 25.8 Å². The van der Waals surface area contributed by atoms with E-state index in [2.05, 4.69) is 66.1 Å². The van der Waals surface area contributed by atoms with E-state index < -0.39 is 5.54 Å². The number of aryl methyl sites for hydroxylation is 1. The fraction of sp³-hybridized carbons (Fsp3) is 0.350. The van der Waals surface area contributed by atoms with Crippen molar-refractivity contribution in [1.82, 2.24) is 10.6 Å². The van der Waals surface area contributed by atoms with Crippen LogP contribution >= 0.6 is 0 Å². The third-order valence-corrected chi connectivity index (χ3v) is 4.72. The van der Waals surface area contributed by atoms with E-state index in [-0.39, 0.29) is 5.91 Å². The smallest absolute Gasteiger partial charge is 0.240 e. The van der Waals surface area contributed by atoms with Gasteiger partial charge in [-0.05, 0) is 49.4 Å². The average molecular weight is 308 g/mol. The summed E-state index contributed by atoms with van der Waals surface area (Å²) in [5.41, 5.74) is 4.46. The first-order chi connectivity index (χ1) is 11.1. The molecular weight excluding hydrogens is 284 g/mol. The Morgan fingerprint density at radius 1 is 1.17 bits per heavy atom.